The van der Waals surface area contributed by atoms with Crippen LogP contribution in [0.15, 0.2) is 47.1 Å². The Hall–Kier alpha value is -2.13. The second kappa shape index (κ2) is 8.71. The number of carbonyl (C=O) groups excluding carboxylic acids is 1. The number of anilines is 1. The predicted octanol–water partition coefficient (Wildman–Crippen LogP) is 2.25. The maximum Gasteiger partial charge on any atom is 0.261 e. The summed E-state index contributed by atoms with van der Waals surface area (Å²) in [6, 6.07) is 10.6. The summed E-state index contributed by atoms with van der Waals surface area (Å²) in [5, 5.41) is 2.86. The van der Waals surface area contributed by atoms with Crippen LogP contribution in [0.5, 0.6) is 5.75 Å². The summed E-state index contributed by atoms with van der Waals surface area (Å²) < 4.78 is 36.5. The number of hydrogen-bond donors (Lipinski definition) is 1. The number of fused-ring (bicyclic) bond motifs is 1. The average molecular weight is 411 g/mol. The molecule has 1 aromatic carbocycles. The van der Waals surface area contributed by atoms with E-state index in [1.807, 2.05) is 12.1 Å². The van der Waals surface area contributed by atoms with Gasteiger partial charge in [-0.05, 0) is 24.3 Å². The quantitative estimate of drug-likeness (QED) is 0.705. The molecule has 0 bridgehead atoms. The number of carbonyl (C=O) groups is 1. The molecule has 0 radical (unpaired) electrons. The van der Waals surface area contributed by atoms with Crippen LogP contribution in [0.3, 0.4) is 0 Å². The summed E-state index contributed by atoms with van der Waals surface area (Å²) in [4.78, 5) is 12.5. The van der Waals surface area contributed by atoms with Crippen molar-refractivity contribution in [1.82, 2.24) is 5.32 Å². The van der Waals surface area contributed by atoms with Crippen molar-refractivity contribution in [3.05, 3.63) is 48.4 Å². The van der Waals surface area contributed by atoms with Gasteiger partial charge >= 0.3 is 0 Å². The molecule has 0 aliphatic carbocycles. The Labute approximate surface area is 163 Å². The number of furan rings is 1. The van der Waals surface area contributed by atoms with Gasteiger partial charge in [0.1, 0.15) is 11.5 Å². The van der Waals surface area contributed by atoms with Crippen LogP contribution in [0.4, 0.5) is 5.69 Å². The van der Waals surface area contributed by atoms with Gasteiger partial charge in [0.2, 0.25) is 10.0 Å². The number of nitrogens with zero attached hydrogens (tertiary/aromatic N) is 1. The van der Waals surface area contributed by atoms with E-state index < -0.39 is 16.1 Å². The first-order valence-corrected chi connectivity index (χ1v) is 11.6. The lowest BCUT2D eigenvalue weighted by Crippen LogP contribution is -2.40. The van der Waals surface area contributed by atoms with Crippen molar-refractivity contribution in [3.8, 4) is 5.75 Å². The second-order valence-corrected chi connectivity index (χ2v) is 9.13. The molecule has 0 saturated heterocycles. The lowest BCUT2D eigenvalue weighted by atomic mass is 10.2. The highest BCUT2D eigenvalue weighted by atomic mass is 32.2. The predicted molar refractivity (Wildman–Crippen MR) is 106 cm³/mol. The smallest absolute Gasteiger partial charge is 0.261 e. The van der Waals surface area contributed by atoms with Crippen LogP contribution in [-0.2, 0) is 20.6 Å². The number of ether oxygens (including phenoxy) is 1. The Bertz CT molecular complexity index is 868. The van der Waals surface area contributed by atoms with E-state index in [-0.39, 0.29) is 18.9 Å². The average Bonchev–Trinajstić information content (AvgIpc) is 3.05. The monoisotopic (exact) mass is 410 g/mol. The van der Waals surface area contributed by atoms with Crippen molar-refractivity contribution in [3.63, 3.8) is 0 Å². The summed E-state index contributed by atoms with van der Waals surface area (Å²) in [6.45, 7) is 0.697. The molecule has 0 saturated carbocycles. The van der Waals surface area contributed by atoms with Gasteiger partial charge in [0, 0.05) is 25.3 Å². The molecule has 0 fully saturated rings. The number of nitrogens with one attached hydrogen (secondary N) is 1. The molecule has 1 amide bonds. The molecule has 2 heterocycles. The number of sulfonamides is 1. The number of benzene rings is 1. The maximum atomic E-state index is 12.5. The van der Waals surface area contributed by atoms with Crippen molar-refractivity contribution >= 4 is 33.4 Å². The lowest BCUT2D eigenvalue weighted by Gasteiger charge is -2.20. The number of para-hydroxylation sites is 2. The molecule has 1 aliphatic rings. The van der Waals surface area contributed by atoms with Crippen molar-refractivity contribution < 1.29 is 22.4 Å². The molecule has 9 heteroatoms. The van der Waals surface area contributed by atoms with E-state index in [1.165, 1.54) is 4.31 Å². The van der Waals surface area contributed by atoms with Gasteiger partial charge in [-0.2, -0.15) is 11.8 Å². The van der Waals surface area contributed by atoms with Crippen LogP contribution in [0.2, 0.25) is 0 Å². The summed E-state index contributed by atoms with van der Waals surface area (Å²) in [5.41, 5.74) is 0.462. The molecule has 1 atom stereocenters. The first-order chi connectivity index (χ1) is 12.9. The van der Waals surface area contributed by atoms with Gasteiger partial charge in [0.25, 0.3) is 5.91 Å². The van der Waals surface area contributed by atoms with Gasteiger partial charge in [-0.1, -0.05) is 12.1 Å². The van der Waals surface area contributed by atoms with E-state index in [9.17, 15) is 13.2 Å². The zero-order chi connectivity index (χ0) is 19.3. The minimum absolute atomic E-state index is 0.196. The second-order valence-electron chi connectivity index (χ2n) is 6.12. The third kappa shape index (κ3) is 5.20. The summed E-state index contributed by atoms with van der Waals surface area (Å²) in [5.74, 6) is 2.55. The lowest BCUT2D eigenvalue weighted by molar-refractivity contribution is -0.127. The first-order valence-electron chi connectivity index (χ1n) is 8.56. The summed E-state index contributed by atoms with van der Waals surface area (Å²) >= 11 is 1.66. The topological polar surface area (TPSA) is 88.9 Å². The van der Waals surface area contributed by atoms with Crippen LogP contribution in [0, 0.1) is 0 Å². The highest BCUT2D eigenvalue weighted by molar-refractivity contribution is 7.98. The number of amides is 1. The highest BCUT2D eigenvalue weighted by Gasteiger charge is 2.30. The molecule has 1 unspecified atom stereocenters. The minimum atomic E-state index is -3.45. The van der Waals surface area contributed by atoms with Crippen molar-refractivity contribution in [2.45, 2.75) is 18.3 Å². The van der Waals surface area contributed by atoms with Crippen molar-refractivity contribution in [1.29, 1.82) is 0 Å². The fourth-order valence-electron chi connectivity index (χ4n) is 2.79. The molecule has 146 valence electrons. The number of hydrogen-bond acceptors (Lipinski definition) is 6. The molecular formula is C18H22N2O5S2. The fraction of sp³-hybridized carbons (Fsp3) is 0.389. The van der Waals surface area contributed by atoms with Gasteiger partial charge < -0.3 is 14.5 Å². The molecule has 3 rings (SSSR count). The van der Waals surface area contributed by atoms with E-state index in [1.54, 1.807) is 42.3 Å². The first kappa shape index (κ1) is 19.6. The fourth-order valence-corrected chi connectivity index (χ4v) is 4.49. The molecule has 7 nitrogen and oxygen atoms in total. The van der Waals surface area contributed by atoms with Gasteiger partial charge in [0.05, 0.1) is 24.0 Å². The van der Waals surface area contributed by atoms with Crippen LogP contribution in [0.25, 0.3) is 0 Å². The number of rotatable bonds is 7. The van der Waals surface area contributed by atoms with Gasteiger partial charge in [-0.3, -0.25) is 9.10 Å². The van der Waals surface area contributed by atoms with Crippen molar-refractivity contribution in [2.24, 2.45) is 0 Å². The zero-order valence-electron chi connectivity index (χ0n) is 15.0. The Kier molecular flexibility index (Phi) is 6.33. The van der Waals surface area contributed by atoms with Crippen molar-refractivity contribution in [2.75, 3.05) is 29.4 Å². The molecule has 2 aromatic rings. The van der Waals surface area contributed by atoms with E-state index in [4.69, 9.17) is 9.15 Å². The van der Waals surface area contributed by atoms with Gasteiger partial charge in [0.15, 0.2) is 6.10 Å². The van der Waals surface area contributed by atoms with Crippen LogP contribution in [0.1, 0.15) is 12.2 Å². The van der Waals surface area contributed by atoms with Crippen LogP contribution in [-0.4, -0.2) is 45.5 Å². The maximum absolute atomic E-state index is 12.5. The van der Waals surface area contributed by atoms with E-state index in [2.05, 4.69) is 5.32 Å². The Morgan fingerprint density at radius 1 is 1.30 bits per heavy atom. The van der Waals surface area contributed by atoms with Gasteiger partial charge in [-0.25, -0.2) is 8.42 Å². The molecule has 1 N–H and O–H groups in total. The molecule has 0 spiro atoms. The van der Waals surface area contributed by atoms with E-state index in [0.29, 0.717) is 18.0 Å². The Morgan fingerprint density at radius 2 is 2.11 bits per heavy atom. The number of thioether (sulfide) groups is 1. The minimum Gasteiger partial charge on any atom is -0.478 e. The largest absolute Gasteiger partial charge is 0.478 e. The Balaban J connectivity index is 1.55. The molecule has 1 aromatic heterocycles. The summed E-state index contributed by atoms with van der Waals surface area (Å²) in [6.07, 6.45) is 2.35. The normalized spacial score (nSPS) is 16.9. The van der Waals surface area contributed by atoms with Crippen LogP contribution >= 0.6 is 11.8 Å². The highest BCUT2D eigenvalue weighted by Crippen LogP contribution is 2.33. The Morgan fingerprint density at radius 3 is 2.85 bits per heavy atom. The van der Waals surface area contributed by atoms with Gasteiger partial charge in [-0.15, -0.1) is 0 Å². The molecule has 1 aliphatic heterocycles. The molecular weight excluding hydrogens is 388 g/mol. The van der Waals surface area contributed by atoms with E-state index >= 15 is 0 Å². The summed E-state index contributed by atoms with van der Waals surface area (Å²) in [7, 11) is -3.45. The SMILES string of the molecule is CS(=O)(=O)N1CCC(C(=O)NCCSCc2ccco2)Oc2ccccc21. The van der Waals surface area contributed by atoms with Crippen LogP contribution < -0.4 is 14.4 Å². The molecule has 27 heavy (non-hydrogen) atoms. The zero-order valence-corrected chi connectivity index (χ0v) is 16.6. The standard InChI is InChI=1S/C18H22N2O5S2/c1-27(22,23)20-10-8-17(25-16-7-3-2-6-15(16)20)18(21)19-9-12-26-13-14-5-4-11-24-14/h2-7,11,17H,8-10,12-13H2,1H3,(H,19,21). The third-order valence-electron chi connectivity index (χ3n) is 4.06. The van der Waals surface area contributed by atoms with E-state index in [0.717, 1.165) is 23.5 Å². The third-order valence-corrected chi connectivity index (χ3v) is 6.22.